The van der Waals surface area contributed by atoms with Gasteiger partial charge in [0, 0.05) is 10.9 Å². The molecule has 3 nitrogen and oxygen atoms in total. The number of carbonyl (C=O) groups is 1. The van der Waals surface area contributed by atoms with Crippen LogP contribution in [-0.4, -0.2) is 41.7 Å². The van der Waals surface area contributed by atoms with Gasteiger partial charge in [0.1, 0.15) is 0 Å². The summed E-state index contributed by atoms with van der Waals surface area (Å²) < 4.78 is 0. The smallest absolute Gasteiger partial charge is 0.233 e. The summed E-state index contributed by atoms with van der Waals surface area (Å²) >= 11 is 1.61. The van der Waals surface area contributed by atoms with Crippen molar-refractivity contribution in [3.63, 3.8) is 0 Å². The predicted octanol–water partition coefficient (Wildman–Crippen LogP) is 3.79. The van der Waals surface area contributed by atoms with Gasteiger partial charge < -0.3 is 10.2 Å². The SMILES string of the molecule is CCN(CC)CCCC(C)NC(=O)C(C)Sc1ccccc1. The normalized spacial score (nSPS) is 13.9. The van der Waals surface area contributed by atoms with Gasteiger partial charge in [-0.15, -0.1) is 11.8 Å². The molecule has 0 aromatic heterocycles. The van der Waals surface area contributed by atoms with Crippen molar-refractivity contribution in [1.29, 1.82) is 0 Å². The lowest BCUT2D eigenvalue weighted by atomic mass is 10.1. The Morgan fingerprint density at radius 1 is 1.18 bits per heavy atom. The standard InChI is InChI=1S/C18H30N2OS/c1-5-20(6-2)14-10-11-15(3)19-18(21)16(4)22-17-12-8-7-9-13-17/h7-9,12-13,15-16H,5-6,10-11,14H2,1-4H3,(H,19,21). The zero-order valence-electron chi connectivity index (χ0n) is 14.3. The Hall–Kier alpha value is -1.00. The van der Waals surface area contributed by atoms with Gasteiger partial charge in [0.15, 0.2) is 0 Å². The Kier molecular flexibility index (Phi) is 9.25. The summed E-state index contributed by atoms with van der Waals surface area (Å²) in [5.74, 6) is 0.129. The van der Waals surface area contributed by atoms with Crippen LogP contribution < -0.4 is 5.32 Å². The van der Waals surface area contributed by atoms with Crippen LogP contribution in [-0.2, 0) is 4.79 Å². The van der Waals surface area contributed by atoms with E-state index in [1.54, 1.807) is 11.8 Å². The van der Waals surface area contributed by atoms with Gasteiger partial charge in [-0.05, 0) is 58.5 Å². The van der Waals surface area contributed by atoms with E-state index in [9.17, 15) is 4.79 Å². The maximum Gasteiger partial charge on any atom is 0.233 e. The lowest BCUT2D eigenvalue weighted by Gasteiger charge is -2.20. The highest BCUT2D eigenvalue weighted by Crippen LogP contribution is 2.22. The molecule has 0 aliphatic heterocycles. The Balaban J connectivity index is 2.28. The summed E-state index contributed by atoms with van der Waals surface area (Å²) in [7, 11) is 0. The van der Waals surface area contributed by atoms with Gasteiger partial charge in [0.2, 0.25) is 5.91 Å². The molecular formula is C18H30N2OS. The first-order chi connectivity index (χ1) is 10.6. The van der Waals surface area contributed by atoms with Crippen LogP contribution in [0.15, 0.2) is 35.2 Å². The van der Waals surface area contributed by atoms with Gasteiger partial charge in [-0.2, -0.15) is 0 Å². The zero-order valence-corrected chi connectivity index (χ0v) is 15.2. The molecule has 1 aromatic carbocycles. The van der Waals surface area contributed by atoms with Crippen LogP contribution in [0.3, 0.4) is 0 Å². The van der Waals surface area contributed by atoms with Crippen molar-refractivity contribution in [2.45, 2.75) is 56.7 Å². The predicted molar refractivity (Wildman–Crippen MR) is 96.4 cm³/mol. The Labute approximate surface area is 139 Å². The van der Waals surface area contributed by atoms with Crippen LogP contribution in [0.4, 0.5) is 0 Å². The van der Waals surface area contributed by atoms with Crippen LogP contribution >= 0.6 is 11.8 Å². The molecule has 2 unspecified atom stereocenters. The number of rotatable bonds is 10. The highest BCUT2D eigenvalue weighted by molar-refractivity contribution is 8.00. The molecule has 1 N–H and O–H groups in total. The number of amides is 1. The fourth-order valence-corrected chi connectivity index (χ4v) is 3.25. The van der Waals surface area contributed by atoms with Crippen molar-refractivity contribution in [2.24, 2.45) is 0 Å². The quantitative estimate of drug-likeness (QED) is 0.665. The Morgan fingerprint density at radius 2 is 1.82 bits per heavy atom. The molecule has 0 aliphatic rings. The maximum atomic E-state index is 12.2. The van der Waals surface area contributed by atoms with Crippen molar-refractivity contribution in [2.75, 3.05) is 19.6 Å². The summed E-state index contributed by atoms with van der Waals surface area (Å²) in [5, 5.41) is 3.07. The van der Waals surface area contributed by atoms with Crippen molar-refractivity contribution < 1.29 is 4.79 Å². The summed E-state index contributed by atoms with van der Waals surface area (Å²) in [6, 6.07) is 10.3. The minimum atomic E-state index is -0.0624. The number of carbonyl (C=O) groups excluding carboxylic acids is 1. The fourth-order valence-electron chi connectivity index (χ4n) is 2.35. The first-order valence-corrected chi connectivity index (χ1v) is 9.19. The molecule has 0 saturated heterocycles. The Bertz CT molecular complexity index is 420. The molecular weight excluding hydrogens is 292 g/mol. The van der Waals surface area contributed by atoms with Gasteiger partial charge >= 0.3 is 0 Å². The van der Waals surface area contributed by atoms with Crippen LogP contribution in [0.5, 0.6) is 0 Å². The van der Waals surface area contributed by atoms with Gasteiger partial charge in [-0.3, -0.25) is 4.79 Å². The molecule has 0 fully saturated rings. The second-order valence-electron chi connectivity index (χ2n) is 5.65. The molecule has 1 rings (SSSR count). The van der Waals surface area contributed by atoms with Crippen molar-refractivity contribution in [1.82, 2.24) is 10.2 Å². The lowest BCUT2D eigenvalue weighted by Crippen LogP contribution is -2.38. The van der Waals surface area contributed by atoms with Crippen LogP contribution in [0.2, 0.25) is 0 Å². The third kappa shape index (κ3) is 7.32. The molecule has 0 aliphatic carbocycles. The Morgan fingerprint density at radius 3 is 2.41 bits per heavy atom. The van der Waals surface area contributed by atoms with Crippen molar-refractivity contribution in [3.8, 4) is 0 Å². The van der Waals surface area contributed by atoms with Gasteiger partial charge in [-0.25, -0.2) is 0 Å². The van der Waals surface area contributed by atoms with Gasteiger partial charge in [0.25, 0.3) is 0 Å². The van der Waals surface area contributed by atoms with E-state index in [1.807, 2.05) is 37.3 Å². The largest absolute Gasteiger partial charge is 0.353 e. The summed E-state index contributed by atoms with van der Waals surface area (Å²) in [6.45, 7) is 11.8. The van der Waals surface area contributed by atoms with Crippen molar-refractivity contribution >= 4 is 17.7 Å². The second-order valence-corrected chi connectivity index (χ2v) is 7.07. The lowest BCUT2D eigenvalue weighted by molar-refractivity contribution is -0.120. The van der Waals surface area contributed by atoms with Crippen LogP contribution in [0.25, 0.3) is 0 Å². The van der Waals surface area contributed by atoms with E-state index in [1.165, 1.54) is 0 Å². The topological polar surface area (TPSA) is 32.3 Å². The zero-order chi connectivity index (χ0) is 16.4. The number of nitrogens with one attached hydrogen (secondary N) is 1. The molecule has 0 spiro atoms. The molecule has 1 amide bonds. The molecule has 124 valence electrons. The molecule has 2 atom stereocenters. The summed E-state index contributed by atoms with van der Waals surface area (Å²) in [5.41, 5.74) is 0. The number of benzene rings is 1. The minimum absolute atomic E-state index is 0.0624. The molecule has 0 radical (unpaired) electrons. The molecule has 1 aromatic rings. The average molecular weight is 323 g/mol. The highest BCUT2D eigenvalue weighted by atomic mass is 32.2. The molecule has 0 saturated carbocycles. The van der Waals surface area contributed by atoms with Crippen LogP contribution in [0, 0.1) is 0 Å². The van der Waals surface area contributed by atoms with Crippen molar-refractivity contribution in [3.05, 3.63) is 30.3 Å². The summed E-state index contributed by atoms with van der Waals surface area (Å²) in [6.07, 6.45) is 2.16. The first kappa shape index (κ1) is 19.0. The number of thioether (sulfide) groups is 1. The van der Waals surface area contributed by atoms with E-state index < -0.39 is 0 Å². The van der Waals surface area contributed by atoms with E-state index in [4.69, 9.17) is 0 Å². The van der Waals surface area contributed by atoms with Gasteiger partial charge in [-0.1, -0.05) is 32.0 Å². The first-order valence-electron chi connectivity index (χ1n) is 8.31. The van der Waals surface area contributed by atoms with E-state index in [2.05, 4.69) is 31.0 Å². The second kappa shape index (κ2) is 10.7. The third-order valence-electron chi connectivity index (χ3n) is 3.82. The van der Waals surface area contributed by atoms with Gasteiger partial charge in [0.05, 0.1) is 5.25 Å². The van der Waals surface area contributed by atoms with Crippen LogP contribution in [0.1, 0.15) is 40.5 Å². The van der Waals surface area contributed by atoms with E-state index >= 15 is 0 Å². The maximum absolute atomic E-state index is 12.2. The summed E-state index contributed by atoms with van der Waals surface area (Å²) in [4.78, 5) is 15.8. The van der Waals surface area contributed by atoms with E-state index in [0.717, 1.165) is 37.4 Å². The number of hydrogen-bond acceptors (Lipinski definition) is 3. The minimum Gasteiger partial charge on any atom is -0.353 e. The molecule has 0 bridgehead atoms. The average Bonchev–Trinajstić information content (AvgIpc) is 2.52. The fraction of sp³-hybridized carbons (Fsp3) is 0.611. The third-order valence-corrected chi connectivity index (χ3v) is 4.93. The highest BCUT2D eigenvalue weighted by Gasteiger charge is 2.16. The number of nitrogens with zero attached hydrogens (tertiary/aromatic N) is 1. The van der Waals surface area contributed by atoms with E-state index in [0.29, 0.717) is 0 Å². The molecule has 22 heavy (non-hydrogen) atoms. The number of hydrogen-bond donors (Lipinski definition) is 1. The monoisotopic (exact) mass is 322 g/mol. The molecule has 4 heteroatoms. The van der Waals surface area contributed by atoms with E-state index in [-0.39, 0.29) is 17.2 Å². The molecule has 0 heterocycles.